The van der Waals surface area contributed by atoms with E-state index in [0.29, 0.717) is 0 Å². The molecular weight excluding hydrogens is 80.0 g/mol. The molecule has 3 nitrogen and oxygen atoms in total. The average molecular weight is 92.1 g/mol. The lowest BCUT2D eigenvalue weighted by Crippen LogP contribution is -0.925. The molecule has 0 aromatic carbocycles. The summed E-state index contributed by atoms with van der Waals surface area (Å²) in [7, 11) is 0. The fourth-order valence-electron chi connectivity index (χ4n) is 0. The monoisotopic (exact) mass is 92.1 g/mol. The summed E-state index contributed by atoms with van der Waals surface area (Å²) in [5, 5.41) is 0. The summed E-state index contributed by atoms with van der Waals surface area (Å²) in [5.41, 5.74) is 0. The Morgan fingerprint density at radius 2 is 0.833 bits per heavy atom. The SMILES string of the molecule is C=C.C=O.N.N. The highest BCUT2D eigenvalue weighted by Crippen LogP contribution is 0.862. The van der Waals surface area contributed by atoms with E-state index in [9.17, 15) is 0 Å². The van der Waals surface area contributed by atoms with E-state index in [2.05, 4.69) is 13.2 Å². The first kappa shape index (κ1) is 56.5. The van der Waals surface area contributed by atoms with Crippen LogP contribution in [-0.2, 0) is 4.79 Å². The van der Waals surface area contributed by atoms with Crippen molar-refractivity contribution < 1.29 is 4.79 Å². The fraction of sp³-hybridized carbons (Fsp3) is 0. The molecule has 0 aliphatic rings. The van der Waals surface area contributed by atoms with Crippen molar-refractivity contribution in [3.63, 3.8) is 0 Å². The van der Waals surface area contributed by atoms with Crippen molar-refractivity contribution in [3.8, 4) is 0 Å². The molecule has 0 fully saturated rings. The number of hydrogen-bond donors (Lipinski definition) is 2. The Morgan fingerprint density at radius 1 is 0.833 bits per heavy atom. The van der Waals surface area contributed by atoms with Gasteiger partial charge in [-0.15, -0.1) is 13.2 Å². The second-order valence-electron chi connectivity index (χ2n) is 0. The molecule has 0 bridgehead atoms. The van der Waals surface area contributed by atoms with Gasteiger partial charge < -0.3 is 17.1 Å². The molecule has 0 amide bonds. The van der Waals surface area contributed by atoms with Gasteiger partial charge in [0, 0.05) is 0 Å². The standard InChI is InChI=1S/C2H4.CH2O.2H3N/c2*1-2;;/h1-2H2;1H2;2*1H3. The number of hydrogen-bond acceptors (Lipinski definition) is 3. The predicted octanol–water partition coefficient (Wildman–Crippen LogP) is 0.941. The van der Waals surface area contributed by atoms with Crippen LogP contribution in [0.15, 0.2) is 13.2 Å². The summed E-state index contributed by atoms with van der Waals surface area (Å²) >= 11 is 0. The summed E-state index contributed by atoms with van der Waals surface area (Å²) < 4.78 is 0. The molecule has 0 radical (unpaired) electrons. The van der Waals surface area contributed by atoms with Crippen LogP contribution in [0, 0.1) is 0 Å². The second kappa shape index (κ2) is 107. The first-order valence-electron chi connectivity index (χ1n) is 0.789. The number of rotatable bonds is 0. The minimum atomic E-state index is 0. The van der Waals surface area contributed by atoms with E-state index in [0.717, 1.165) is 0 Å². The van der Waals surface area contributed by atoms with Gasteiger partial charge in [-0.05, 0) is 0 Å². The molecular formula is C3H12N2O. The van der Waals surface area contributed by atoms with E-state index in [1.807, 2.05) is 6.79 Å². The smallest absolute Gasteiger partial charge is 0.106 e. The van der Waals surface area contributed by atoms with E-state index in [4.69, 9.17) is 4.79 Å². The van der Waals surface area contributed by atoms with Crippen LogP contribution in [0.3, 0.4) is 0 Å². The normalized spacial score (nSPS) is 1.33. The van der Waals surface area contributed by atoms with Crippen LogP contribution in [0.5, 0.6) is 0 Å². The Kier molecular flexibility index (Phi) is 1010. The van der Waals surface area contributed by atoms with Gasteiger partial charge in [-0.3, -0.25) is 0 Å². The second-order valence-corrected chi connectivity index (χ2v) is 0. The van der Waals surface area contributed by atoms with Crippen LogP contribution in [-0.4, -0.2) is 6.79 Å². The molecule has 0 aliphatic carbocycles. The van der Waals surface area contributed by atoms with E-state index in [1.54, 1.807) is 0 Å². The third-order valence-electron chi connectivity index (χ3n) is 0. The first-order valence-corrected chi connectivity index (χ1v) is 0.789. The maximum atomic E-state index is 8.00. The summed E-state index contributed by atoms with van der Waals surface area (Å²) in [4.78, 5) is 8.00. The molecule has 0 aromatic heterocycles. The van der Waals surface area contributed by atoms with Crippen LogP contribution in [0.1, 0.15) is 0 Å². The first-order chi connectivity index (χ1) is 2.00. The Bertz CT molecular complexity index is 10.8. The van der Waals surface area contributed by atoms with Crippen LogP contribution in [0.4, 0.5) is 0 Å². The molecule has 0 spiro atoms. The molecule has 0 heterocycles. The van der Waals surface area contributed by atoms with Gasteiger partial charge in [0.25, 0.3) is 0 Å². The van der Waals surface area contributed by atoms with E-state index >= 15 is 0 Å². The topological polar surface area (TPSA) is 87.1 Å². The average Bonchev–Trinajstić information content (AvgIpc) is 1.50. The summed E-state index contributed by atoms with van der Waals surface area (Å²) in [5.74, 6) is 0. The minimum absolute atomic E-state index is 0. The molecule has 40 valence electrons. The molecule has 6 N–H and O–H groups in total. The molecule has 6 heavy (non-hydrogen) atoms. The van der Waals surface area contributed by atoms with Crippen LogP contribution in [0.25, 0.3) is 0 Å². The Labute approximate surface area is 38.2 Å². The lowest BCUT2D eigenvalue weighted by atomic mass is 11.3. The highest BCUT2D eigenvalue weighted by Gasteiger charge is 0.636. The van der Waals surface area contributed by atoms with Crippen molar-refractivity contribution in [2.75, 3.05) is 0 Å². The third kappa shape index (κ3) is 40.3. The number of carbonyl (C=O) groups is 1. The fourth-order valence-corrected chi connectivity index (χ4v) is 0. The van der Waals surface area contributed by atoms with E-state index < -0.39 is 0 Å². The zero-order valence-electron chi connectivity index (χ0n) is 3.94. The zero-order valence-corrected chi connectivity index (χ0v) is 3.94. The molecule has 0 atom stereocenters. The molecule has 3 heteroatoms. The van der Waals surface area contributed by atoms with Crippen molar-refractivity contribution in [1.82, 2.24) is 12.3 Å². The largest absolute Gasteiger partial charge is 0.344 e. The molecule has 0 rings (SSSR count). The van der Waals surface area contributed by atoms with Crippen molar-refractivity contribution in [2.24, 2.45) is 0 Å². The van der Waals surface area contributed by atoms with Crippen molar-refractivity contribution in [3.05, 3.63) is 13.2 Å². The van der Waals surface area contributed by atoms with Gasteiger partial charge >= 0.3 is 0 Å². The van der Waals surface area contributed by atoms with Crippen molar-refractivity contribution >= 4 is 6.79 Å². The summed E-state index contributed by atoms with van der Waals surface area (Å²) in [6, 6.07) is 0. The zero-order chi connectivity index (χ0) is 4.00. The third-order valence-corrected chi connectivity index (χ3v) is 0. The van der Waals surface area contributed by atoms with Crippen molar-refractivity contribution in [1.29, 1.82) is 0 Å². The predicted molar refractivity (Wildman–Crippen MR) is 28.4 cm³/mol. The molecule has 0 aromatic rings. The maximum absolute atomic E-state index is 8.00. The van der Waals surface area contributed by atoms with Gasteiger partial charge in [0.05, 0.1) is 0 Å². The quantitative estimate of drug-likeness (QED) is 0.436. The summed E-state index contributed by atoms with van der Waals surface area (Å²) in [6.07, 6.45) is 0. The molecule has 0 saturated heterocycles. The van der Waals surface area contributed by atoms with Crippen LogP contribution >= 0.6 is 0 Å². The highest BCUT2D eigenvalue weighted by molar-refractivity contribution is 5.10. The maximum Gasteiger partial charge on any atom is 0.106 e. The number of carbonyl (C=O) groups excluding carboxylic acids is 1. The van der Waals surface area contributed by atoms with Gasteiger partial charge in [-0.1, -0.05) is 0 Å². The molecule has 0 unspecified atom stereocenters. The van der Waals surface area contributed by atoms with Crippen LogP contribution in [0.2, 0.25) is 0 Å². The Balaban J connectivity index is -0.00000000500. The van der Waals surface area contributed by atoms with Gasteiger partial charge in [0.1, 0.15) is 6.79 Å². The Hall–Kier alpha value is -0.670. The van der Waals surface area contributed by atoms with Gasteiger partial charge in [0.2, 0.25) is 0 Å². The van der Waals surface area contributed by atoms with Crippen molar-refractivity contribution in [2.45, 2.75) is 0 Å². The minimum Gasteiger partial charge on any atom is -0.344 e. The lowest BCUT2D eigenvalue weighted by Gasteiger charge is -0.837. The summed E-state index contributed by atoms with van der Waals surface area (Å²) in [6.45, 7) is 8.00. The van der Waals surface area contributed by atoms with E-state index in [-0.39, 0.29) is 12.3 Å². The van der Waals surface area contributed by atoms with Gasteiger partial charge in [-0.25, -0.2) is 0 Å². The van der Waals surface area contributed by atoms with Crippen LogP contribution < -0.4 is 12.3 Å². The Morgan fingerprint density at radius 3 is 0.833 bits per heavy atom. The van der Waals surface area contributed by atoms with E-state index in [1.165, 1.54) is 0 Å². The molecule has 0 saturated carbocycles. The van der Waals surface area contributed by atoms with Gasteiger partial charge in [0.15, 0.2) is 0 Å². The highest BCUT2D eigenvalue weighted by atomic mass is 16.1. The molecule has 0 aliphatic heterocycles. The lowest BCUT2D eigenvalue weighted by molar-refractivity contribution is -0.0979. The van der Waals surface area contributed by atoms with Gasteiger partial charge in [-0.2, -0.15) is 0 Å².